The molecule has 1 saturated heterocycles. The van der Waals surface area contributed by atoms with Gasteiger partial charge in [-0.2, -0.15) is 0 Å². The molecule has 2 aliphatic rings. The topological polar surface area (TPSA) is 79.3 Å². The summed E-state index contributed by atoms with van der Waals surface area (Å²) in [7, 11) is 0. The third-order valence-electron chi connectivity index (χ3n) is 4.22. The number of hydrogen-bond acceptors (Lipinski definition) is 4. The summed E-state index contributed by atoms with van der Waals surface area (Å²) in [4.78, 5) is 27.6. The van der Waals surface area contributed by atoms with E-state index in [1.54, 1.807) is 12.3 Å². The summed E-state index contributed by atoms with van der Waals surface area (Å²) in [6, 6.07) is 7.19. The van der Waals surface area contributed by atoms with Gasteiger partial charge in [0.15, 0.2) is 0 Å². The fourth-order valence-electron chi connectivity index (χ4n) is 3.11. The summed E-state index contributed by atoms with van der Waals surface area (Å²) in [5.74, 6) is -0.453. The van der Waals surface area contributed by atoms with Crippen LogP contribution >= 0.6 is 0 Å². The van der Waals surface area contributed by atoms with Gasteiger partial charge in [-0.15, -0.1) is 0 Å². The Balaban J connectivity index is 1.77. The quantitative estimate of drug-likeness (QED) is 0.792. The zero-order valence-electron chi connectivity index (χ0n) is 12.7. The minimum absolute atomic E-state index is 0.145. The number of allylic oxidation sites excluding steroid dienone is 3. The SMILES string of the molecule is O=C1CC2=CC(=Cc3ccc(O)c4ncccc34)CC=C2C(=O)N1. The van der Waals surface area contributed by atoms with Crippen molar-refractivity contribution in [1.82, 2.24) is 10.3 Å². The number of fused-ring (bicyclic) bond motifs is 2. The average molecular weight is 318 g/mol. The molecule has 2 aromatic rings. The summed E-state index contributed by atoms with van der Waals surface area (Å²) in [5.41, 5.74) is 3.84. The lowest BCUT2D eigenvalue weighted by Gasteiger charge is -2.21. The van der Waals surface area contributed by atoms with Crippen LogP contribution < -0.4 is 5.32 Å². The Morgan fingerprint density at radius 1 is 1.21 bits per heavy atom. The van der Waals surface area contributed by atoms with Crippen LogP contribution in [0.25, 0.3) is 17.0 Å². The highest BCUT2D eigenvalue weighted by Gasteiger charge is 2.26. The maximum atomic E-state index is 11.8. The van der Waals surface area contributed by atoms with Crippen molar-refractivity contribution in [3.63, 3.8) is 0 Å². The second kappa shape index (κ2) is 5.45. The number of piperidine rings is 1. The average Bonchev–Trinajstić information content (AvgIpc) is 2.57. The summed E-state index contributed by atoms with van der Waals surface area (Å²) < 4.78 is 0. The Kier molecular flexibility index (Phi) is 3.27. The van der Waals surface area contributed by atoms with Gasteiger partial charge in [-0.25, -0.2) is 0 Å². The van der Waals surface area contributed by atoms with E-state index in [0.29, 0.717) is 17.5 Å². The molecule has 4 rings (SSSR count). The van der Waals surface area contributed by atoms with Gasteiger partial charge in [0.1, 0.15) is 11.3 Å². The summed E-state index contributed by atoms with van der Waals surface area (Å²) in [6.07, 6.45) is 8.23. The predicted octanol–water partition coefficient (Wildman–Crippen LogP) is 2.63. The molecule has 1 fully saturated rings. The van der Waals surface area contributed by atoms with E-state index >= 15 is 0 Å². The van der Waals surface area contributed by atoms with Crippen molar-refractivity contribution in [1.29, 1.82) is 0 Å². The highest BCUT2D eigenvalue weighted by molar-refractivity contribution is 6.12. The highest BCUT2D eigenvalue weighted by Crippen LogP contribution is 2.31. The molecule has 0 radical (unpaired) electrons. The third kappa shape index (κ3) is 2.40. The summed E-state index contributed by atoms with van der Waals surface area (Å²) >= 11 is 0. The fraction of sp³-hybridized carbons (Fsp3) is 0.105. The number of aromatic nitrogens is 1. The van der Waals surface area contributed by atoms with Crippen molar-refractivity contribution in [2.75, 3.05) is 0 Å². The van der Waals surface area contributed by atoms with Gasteiger partial charge >= 0.3 is 0 Å². The molecule has 0 bridgehead atoms. The first-order chi connectivity index (χ1) is 11.6. The molecular formula is C19H14N2O3. The number of rotatable bonds is 1. The van der Waals surface area contributed by atoms with E-state index in [1.165, 1.54) is 0 Å². The molecule has 5 heteroatoms. The number of carbonyl (C=O) groups excluding carboxylic acids is 2. The van der Waals surface area contributed by atoms with Gasteiger partial charge in [0.25, 0.3) is 5.91 Å². The predicted molar refractivity (Wildman–Crippen MR) is 89.9 cm³/mol. The molecule has 24 heavy (non-hydrogen) atoms. The van der Waals surface area contributed by atoms with E-state index in [4.69, 9.17) is 0 Å². The number of hydrogen-bond donors (Lipinski definition) is 2. The molecule has 0 unspecified atom stereocenters. The number of benzene rings is 1. The minimum atomic E-state index is -0.323. The van der Waals surface area contributed by atoms with Gasteiger partial charge in [-0.1, -0.05) is 30.4 Å². The first kappa shape index (κ1) is 14.4. The van der Waals surface area contributed by atoms with E-state index in [1.807, 2.05) is 36.4 Å². The van der Waals surface area contributed by atoms with Crippen LogP contribution in [0.4, 0.5) is 0 Å². The van der Waals surface area contributed by atoms with Crippen LogP contribution in [-0.4, -0.2) is 21.9 Å². The van der Waals surface area contributed by atoms with Gasteiger partial charge in [-0.05, 0) is 35.3 Å². The van der Waals surface area contributed by atoms with Crippen LogP contribution in [0.3, 0.4) is 0 Å². The van der Waals surface area contributed by atoms with Crippen molar-refractivity contribution < 1.29 is 14.7 Å². The highest BCUT2D eigenvalue weighted by atomic mass is 16.3. The van der Waals surface area contributed by atoms with Crippen LogP contribution in [0.2, 0.25) is 0 Å². The number of imide groups is 1. The van der Waals surface area contributed by atoms with Gasteiger partial charge < -0.3 is 5.11 Å². The maximum Gasteiger partial charge on any atom is 0.257 e. The molecular weight excluding hydrogens is 304 g/mol. The third-order valence-corrected chi connectivity index (χ3v) is 4.22. The number of amides is 2. The van der Waals surface area contributed by atoms with Gasteiger partial charge in [-0.3, -0.25) is 19.9 Å². The molecule has 1 aromatic heterocycles. The Bertz CT molecular complexity index is 983. The van der Waals surface area contributed by atoms with Gasteiger partial charge in [0, 0.05) is 17.2 Å². The second-order valence-electron chi connectivity index (χ2n) is 5.84. The first-order valence-corrected chi connectivity index (χ1v) is 7.64. The summed E-state index contributed by atoms with van der Waals surface area (Å²) in [5, 5.41) is 13.1. The van der Waals surface area contributed by atoms with Crippen LogP contribution in [0.5, 0.6) is 5.75 Å². The molecule has 2 heterocycles. The van der Waals surface area contributed by atoms with E-state index < -0.39 is 0 Å². The van der Waals surface area contributed by atoms with Crippen molar-refractivity contribution in [3.8, 4) is 5.75 Å². The molecule has 1 aliphatic heterocycles. The molecule has 0 saturated carbocycles. The van der Waals surface area contributed by atoms with Crippen LogP contribution in [0.1, 0.15) is 18.4 Å². The zero-order chi connectivity index (χ0) is 16.7. The number of phenolic OH excluding ortho intramolecular Hbond substituents is 1. The fourth-order valence-corrected chi connectivity index (χ4v) is 3.11. The van der Waals surface area contributed by atoms with Crippen molar-refractivity contribution in [2.24, 2.45) is 0 Å². The molecule has 2 N–H and O–H groups in total. The number of nitrogens with one attached hydrogen (secondary N) is 1. The number of nitrogens with zero attached hydrogens (tertiary/aromatic N) is 1. The van der Waals surface area contributed by atoms with E-state index in [-0.39, 0.29) is 24.0 Å². The Morgan fingerprint density at radius 3 is 2.96 bits per heavy atom. The zero-order valence-corrected chi connectivity index (χ0v) is 12.7. The Labute approximate surface area is 138 Å². The monoisotopic (exact) mass is 318 g/mol. The van der Waals surface area contributed by atoms with Gasteiger partial charge in [0.2, 0.25) is 5.91 Å². The Morgan fingerprint density at radius 2 is 2.08 bits per heavy atom. The standard InChI is InChI=1S/C19H14N2O3/c22-16-6-4-12(14-2-1-7-20-18(14)16)8-11-3-5-15-13(9-11)10-17(23)21-19(15)24/h1-2,4-9,22H,3,10H2,(H,21,23,24). The molecule has 5 nitrogen and oxygen atoms in total. The van der Waals surface area contributed by atoms with Crippen molar-refractivity contribution in [3.05, 3.63) is 64.9 Å². The molecule has 0 spiro atoms. The molecule has 2 amide bonds. The number of phenols is 1. The summed E-state index contributed by atoms with van der Waals surface area (Å²) in [6.45, 7) is 0. The molecule has 0 atom stereocenters. The van der Waals surface area contributed by atoms with Crippen LogP contribution in [0, 0.1) is 0 Å². The largest absolute Gasteiger partial charge is 0.506 e. The lowest BCUT2D eigenvalue weighted by atomic mass is 9.88. The normalized spacial score (nSPS) is 18.9. The minimum Gasteiger partial charge on any atom is -0.506 e. The van der Waals surface area contributed by atoms with Crippen LogP contribution in [-0.2, 0) is 9.59 Å². The van der Waals surface area contributed by atoms with Crippen LogP contribution in [0.15, 0.2) is 59.3 Å². The molecule has 1 aromatic carbocycles. The smallest absolute Gasteiger partial charge is 0.257 e. The number of carbonyl (C=O) groups is 2. The van der Waals surface area contributed by atoms with E-state index in [2.05, 4.69) is 10.3 Å². The van der Waals surface area contributed by atoms with Crippen molar-refractivity contribution in [2.45, 2.75) is 12.8 Å². The lowest BCUT2D eigenvalue weighted by molar-refractivity contribution is -0.129. The van der Waals surface area contributed by atoms with Crippen molar-refractivity contribution >= 4 is 28.8 Å². The Hall–Kier alpha value is -3.21. The van der Waals surface area contributed by atoms with E-state index in [9.17, 15) is 14.7 Å². The first-order valence-electron chi connectivity index (χ1n) is 7.64. The maximum absolute atomic E-state index is 11.8. The number of aromatic hydroxyl groups is 1. The molecule has 118 valence electrons. The molecule has 1 aliphatic carbocycles. The van der Waals surface area contributed by atoms with E-state index in [0.717, 1.165) is 22.1 Å². The second-order valence-corrected chi connectivity index (χ2v) is 5.84. The van der Waals surface area contributed by atoms with Gasteiger partial charge in [0.05, 0.1) is 6.42 Å². The number of pyridine rings is 1. The lowest BCUT2D eigenvalue weighted by Crippen LogP contribution is -2.37.